The number of rotatable bonds is 3. The lowest BCUT2D eigenvalue weighted by Gasteiger charge is -2.21. The highest BCUT2D eigenvalue weighted by Gasteiger charge is 2.36. The molecule has 2 aromatic rings. The highest BCUT2D eigenvalue weighted by atomic mass is 32.2. The van der Waals surface area contributed by atoms with E-state index in [-0.39, 0.29) is 5.91 Å². The van der Waals surface area contributed by atoms with E-state index in [0.29, 0.717) is 25.1 Å². The molecule has 1 N–H and O–H groups in total. The minimum Gasteiger partial charge on any atom is -0.323 e. The van der Waals surface area contributed by atoms with Gasteiger partial charge in [0.1, 0.15) is 6.04 Å². The molecule has 0 aliphatic carbocycles. The van der Waals surface area contributed by atoms with Crippen LogP contribution in [0.1, 0.15) is 18.5 Å². The van der Waals surface area contributed by atoms with Crippen molar-refractivity contribution in [1.82, 2.24) is 19.1 Å². The molecule has 124 valence electrons. The van der Waals surface area contributed by atoms with Gasteiger partial charge in [0.05, 0.1) is 23.8 Å². The molecule has 8 nitrogen and oxygen atoms in total. The SMILES string of the molecule is Cc1nn(C)c2ncc(NC(=O)[C@H]3CCCN3S(C)(=O)=O)cc12. The lowest BCUT2D eigenvalue weighted by Crippen LogP contribution is -2.42. The van der Waals surface area contributed by atoms with E-state index in [2.05, 4.69) is 15.4 Å². The molecular weight excluding hydrogens is 318 g/mol. The van der Waals surface area contributed by atoms with Gasteiger partial charge in [0.15, 0.2) is 5.65 Å². The summed E-state index contributed by atoms with van der Waals surface area (Å²) in [6.45, 7) is 2.26. The summed E-state index contributed by atoms with van der Waals surface area (Å²) in [5.74, 6) is -0.324. The van der Waals surface area contributed by atoms with Gasteiger partial charge < -0.3 is 5.32 Å². The fourth-order valence-corrected chi connectivity index (χ4v) is 4.13. The second-order valence-corrected chi connectivity index (χ2v) is 7.76. The quantitative estimate of drug-likeness (QED) is 0.886. The zero-order valence-electron chi connectivity index (χ0n) is 13.3. The van der Waals surface area contributed by atoms with Crippen molar-refractivity contribution in [1.29, 1.82) is 0 Å². The number of nitrogens with one attached hydrogen (secondary N) is 1. The fourth-order valence-electron chi connectivity index (χ4n) is 3.00. The van der Waals surface area contributed by atoms with E-state index in [9.17, 15) is 13.2 Å². The summed E-state index contributed by atoms with van der Waals surface area (Å²) in [6, 6.07) is 1.15. The van der Waals surface area contributed by atoms with Crippen LogP contribution in [0.5, 0.6) is 0 Å². The zero-order chi connectivity index (χ0) is 16.8. The Kier molecular flexibility index (Phi) is 3.85. The number of carbonyl (C=O) groups excluding carboxylic acids is 1. The molecular formula is C14H19N5O3S. The third-order valence-corrected chi connectivity index (χ3v) is 5.35. The topological polar surface area (TPSA) is 97.2 Å². The first-order chi connectivity index (χ1) is 10.8. The van der Waals surface area contributed by atoms with E-state index in [1.807, 2.05) is 20.0 Å². The van der Waals surface area contributed by atoms with E-state index in [1.165, 1.54) is 4.31 Å². The van der Waals surface area contributed by atoms with Crippen molar-refractivity contribution in [3.8, 4) is 0 Å². The number of amides is 1. The minimum absolute atomic E-state index is 0.324. The molecule has 1 atom stereocenters. The Labute approximate surface area is 134 Å². The number of pyridine rings is 1. The maximum Gasteiger partial charge on any atom is 0.242 e. The second kappa shape index (κ2) is 5.57. The minimum atomic E-state index is -3.38. The number of fused-ring (bicyclic) bond motifs is 1. The molecule has 1 aliphatic rings. The first-order valence-corrected chi connectivity index (χ1v) is 9.19. The Morgan fingerprint density at radius 1 is 1.43 bits per heavy atom. The summed E-state index contributed by atoms with van der Waals surface area (Å²) in [6.07, 6.45) is 3.90. The number of aryl methyl sites for hydroxylation is 2. The molecule has 0 saturated carbocycles. The number of aromatic nitrogens is 3. The molecule has 23 heavy (non-hydrogen) atoms. The van der Waals surface area contributed by atoms with Crippen LogP contribution >= 0.6 is 0 Å². The van der Waals surface area contributed by atoms with Crippen LogP contribution in [0, 0.1) is 6.92 Å². The number of carbonyl (C=O) groups is 1. The summed E-state index contributed by atoms with van der Waals surface area (Å²) >= 11 is 0. The predicted molar refractivity (Wildman–Crippen MR) is 86.4 cm³/mol. The number of nitrogens with zero attached hydrogens (tertiary/aromatic N) is 4. The number of hydrogen-bond donors (Lipinski definition) is 1. The predicted octanol–water partition coefficient (Wildman–Crippen LogP) is 0.639. The van der Waals surface area contributed by atoms with Crippen molar-refractivity contribution in [3.63, 3.8) is 0 Å². The number of sulfonamides is 1. The fraction of sp³-hybridized carbons (Fsp3) is 0.500. The molecule has 9 heteroatoms. The normalized spacial score (nSPS) is 19.3. The van der Waals surface area contributed by atoms with E-state index in [4.69, 9.17) is 0 Å². The van der Waals surface area contributed by atoms with Crippen LogP contribution in [0.4, 0.5) is 5.69 Å². The van der Waals surface area contributed by atoms with Crippen LogP contribution in [-0.2, 0) is 21.9 Å². The maximum atomic E-state index is 12.4. The van der Waals surface area contributed by atoms with Gasteiger partial charge in [-0.1, -0.05) is 0 Å². The van der Waals surface area contributed by atoms with Gasteiger partial charge in [0.25, 0.3) is 0 Å². The third-order valence-electron chi connectivity index (χ3n) is 4.06. The summed E-state index contributed by atoms with van der Waals surface area (Å²) in [4.78, 5) is 16.7. The molecule has 0 radical (unpaired) electrons. The molecule has 1 fully saturated rings. The largest absolute Gasteiger partial charge is 0.323 e. The van der Waals surface area contributed by atoms with E-state index >= 15 is 0 Å². The molecule has 0 unspecified atom stereocenters. The maximum absolute atomic E-state index is 12.4. The molecule has 3 heterocycles. The standard InChI is InChI=1S/C14H19N5O3S/c1-9-11-7-10(8-15-13(11)18(2)17-9)16-14(20)12-5-4-6-19(12)23(3,21)22/h7-8,12H,4-6H2,1-3H3,(H,16,20)/t12-/m1/s1. The Morgan fingerprint density at radius 3 is 2.87 bits per heavy atom. The third kappa shape index (κ3) is 2.93. The lowest BCUT2D eigenvalue weighted by molar-refractivity contribution is -0.119. The highest BCUT2D eigenvalue weighted by molar-refractivity contribution is 7.88. The molecule has 0 aromatic carbocycles. The molecule has 1 amide bonds. The summed E-state index contributed by atoms with van der Waals surface area (Å²) in [5.41, 5.74) is 2.10. The molecule has 1 aliphatic heterocycles. The van der Waals surface area contributed by atoms with Crippen LogP contribution in [0.2, 0.25) is 0 Å². The number of hydrogen-bond acceptors (Lipinski definition) is 5. The summed E-state index contributed by atoms with van der Waals surface area (Å²) in [5, 5.41) is 7.91. The van der Waals surface area contributed by atoms with E-state index < -0.39 is 16.1 Å². The van der Waals surface area contributed by atoms with Gasteiger partial charge in [-0.15, -0.1) is 0 Å². The van der Waals surface area contributed by atoms with Gasteiger partial charge in [-0.2, -0.15) is 9.40 Å². The lowest BCUT2D eigenvalue weighted by atomic mass is 10.2. The van der Waals surface area contributed by atoms with Gasteiger partial charge >= 0.3 is 0 Å². The van der Waals surface area contributed by atoms with Crippen molar-refractivity contribution in [2.45, 2.75) is 25.8 Å². The highest BCUT2D eigenvalue weighted by Crippen LogP contribution is 2.23. The monoisotopic (exact) mass is 337 g/mol. The van der Waals surface area contributed by atoms with Crippen molar-refractivity contribution in [2.75, 3.05) is 18.1 Å². The van der Waals surface area contributed by atoms with Crippen LogP contribution in [0.3, 0.4) is 0 Å². The summed E-state index contributed by atoms with van der Waals surface area (Å²) < 4.78 is 26.4. The number of anilines is 1. The smallest absolute Gasteiger partial charge is 0.242 e. The Balaban J connectivity index is 1.84. The summed E-state index contributed by atoms with van der Waals surface area (Å²) in [7, 11) is -1.57. The Hall–Kier alpha value is -2.00. The van der Waals surface area contributed by atoms with Gasteiger partial charge in [0.2, 0.25) is 15.9 Å². The molecule has 3 rings (SSSR count). The van der Waals surface area contributed by atoms with Crippen LogP contribution < -0.4 is 5.32 Å². The van der Waals surface area contributed by atoms with Gasteiger partial charge in [-0.25, -0.2) is 13.4 Å². The first-order valence-electron chi connectivity index (χ1n) is 7.34. The zero-order valence-corrected chi connectivity index (χ0v) is 14.1. The molecule has 0 spiro atoms. The van der Waals surface area contributed by atoms with Gasteiger partial charge in [-0.3, -0.25) is 9.48 Å². The molecule has 1 saturated heterocycles. The van der Waals surface area contributed by atoms with E-state index in [1.54, 1.807) is 10.9 Å². The van der Waals surface area contributed by atoms with Crippen LogP contribution in [0.15, 0.2) is 12.3 Å². The average molecular weight is 337 g/mol. The molecule has 2 aromatic heterocycles. The van der Waals surface area contributed by atoms with Crippen LogP contribution in [-0.4, -0.2) is 52.2 Å². The van der Waals surface area contributed by atoms with Crippen molar-refractivity contribution in [3.05, 3.63) is 18.0 Å². The average Bonchev–Trinajstić information content (AvgIpc) is 3.05. The van der Waals surface area contributed by atoms with Gasteiger partial charge in [0, 0.05) is 19.0 Å². The first kappa shape index (κ1) is 15.9. The van der Waals surface area contributed by atoms with Crippen molar-refractivity contribution in [2.24, 2.45) is 7.05 Å². The second-order valence-electron chi connectivity index (χ2n) is 5.83. The Bertz CT molecular complexity index is 874. The van der Waals surface area contributed by atoms with Gasteiger partial charge in [-0.05, 0) is 25.8 Å². The van der Waals surface area contributed by atoms with Crippen molar-refractivity contribution >= 4 is 32.7 Å². The van der Waals surface area contributed by atoms with E-state index in [0.717, 1.165) is 23.0 Å². The van der Waals surface area contributed by atoms with Crippen LogP contribution in [0.25, 0.3) is 11.0 Å². The molecule has 0 bridgehead atoms. The Morgan fingerprint density at radius 2 is 2.17 bits per heavy atom. The van der Waals surface area contributed by atoms with Crippen molar-refractivity contribution < 1.29 is 13.2 Å².